The highest BCUT2D eigenvalue weighted by molar-refractivity contribution is 5.94. The van der Waals surface area contributed by atoms with Gasteiger partial charge in [0.15, 0.2) is 0 Å². The second-order valence-electron chi connectivity index (χ2n) is 5.34. The fourth-order valence-electron chi connectivity index (χ4n) is 2.53. The molecule has 0 unspecified atom stereocenters. The van der Waals surface area contributed by atoms with Crippen LogP contribution in [0.3, 0.4) is 0 Å². The average Bonchev–Trinajstić information content (AvgIpc) is 2.41. The number of carbonyl (C=O) groups excluding carboxylic acids is 1. The van der Waals surface area contributed by atoms with Gasteiger partial charge in [-0.1, -0.05) is 17.7 Å². The molecule has 5 heteroatoms. The molecule has 1 aliphatic rings. The van der Waals surface area contributed by atoms with Crippen LogP contribution in [0.4, 0.5) is 4.79 Å². The molecule has 1 aromatic rings. The van der Waals surface area contributed by atoms with Crippen LogP contribution in [0.1, 0.15) is 41.6 Å². The Bertz CT molecular complexity index is 476. The smallest absolute Gasteiger partial charge is 0.404 e. The highest BCUT2D eigenvalue weighted by Crippen LogP contribution is 2.19. The first-order chi connectivity index (χ1) is 9.54. The van der Waals surface area contributed by atoms with Crippen molar-refractivity contribution in [3.05, 3.63) is 35.4 Å². The summed E-state index contributed by atoms with van der Waals surface area (Å²) in [6.45, 7) is 1.98. The van der Waals surface area contributed by atoms with E-state index in [4.69, 9.17) is 5.11 Å². The summed E-state index contributed by atoms with van der Waals surface area (Å²) in [4.78, 5) is 22.6. The normalized spacial score (nSPS) is 22.1. The van der Waals surface area contributed by atoms with Gasteiger partial charge in [0, 0.05) is 17.6 Å². The van der Waals surface area contributed by atoms with Crippen molar-refractivity contribution in [3.63, 3.8) is 0 Å². The second-order valence-corrected chi connectivity index (χ2v) is 5.34. The molecule has 0 saturated heterocycles. The van der Waals surface area contributed by atoms with E-state index in [1.165, 1.54) is 0 Å². The summed E-state index contributed by atoms with van der Waals surface area (Å²) in [7, 11) is 0. The lowest BCUT2D eigenvalue weighted by Crippen LogP contribution is -2.43. The summed E-state index contributed by atoms with van der Waals surface area (Å²) < 4.78 is 0. The molecule has 0 aromatic heterocycles. The van der Waals surface area contributed by atoms with Crippen molar-refractivity contribution in [1.29, 1.82) is 0 Å². The van der Waals surface area contributed by atoms with Crippen LogP contribution in [-0.2, 0) is 0 Å². The lowest BCUT2D eigenvalue weighted by Gasteiger charge is -2.28. The molecule has 108 valence electrons. The van der Waals surface area contributed by atoms with Crippen molar-refractivity contribution < 1.29 is 14.7 Å². The number of amides is 2. The van der Waals surface area contributed by atoms with E-state index in [2.05, 4.69) is 10.6 Å². The van der Waals surface area contributed by atoms with Gasteiger partial charge in [-0.15, -0.1) is 0 Å². The lowest BCUT2D eigenvalue weighted by atomic mass is 9.91. The Hall–Kier alpha value is -2.04. The third-order valence-corrected chi connectivity index (χ3v) is 3.70. The highest BCUT2D eigenvalue weighted by atomic mass is 16.4. The maximum Gasteiger partial charge on any atom is 0.404 e. The van der Waals surface area contributed by atoms with E-state index < -0.39 is 6.09 Å². The minimum absolute atomic E-state index is 0.0139. The van der Waals surface area contributed by atoms with E-state index in [1.54, 1.807) is 0 Å². The van der Waals surface area contributed by atoms with Crippen LogP contribution >= 0.6 is 0 Å². The van der Waals surface area contributed by atoms with Crippen molar-refractivity contribution >= 4 is 12.0 Å². The summed E-state index contributed by atoms with van der Waals surface area (Å²) in [6.07, 6.45) is 2.18. The molecule has 1 saturated carbocycles. The van der Waals surface area contributed by atoms with E-state index in [0.717, 1.165) is 31.2 Å². The molecule has 1 aliphatic carbocycles. The number of rotatable bonds is 3. The summed E-state index contributed by atoms with van der Waals surface area (Å²) in [5, 5.41) is 14.2. The maximum absolute atomic E-state index is 12.1. The van der Waals surface area contributed by atoms with Crippen LogP contribution in [0.5, 0.6) is 0 Å². The van der Waals surface area contributed by atoms with Crippen molar-refractivity contribution in [2.75, 3.05) is 0 Å². The van der Waals surface area contributed by atoms with Gasteiger partial charge in [0.05, 0.1) is 0 Å². The Balaban J connectivity index is 1.82. The van der Waals surface area contributed by atoms with E-state index >= 15 is 0 Å². The molecule has 0 atom stereocenters. The molecule has 0 aliphatic heterocycles. The van der Waals surface area contributed by atoms with Crippen LogP contribution in [0, 0.1) is 6.92 Å². The number of carboxylic acid groups (broad SMARTS) is 1. The summed E-state index contributed by atoms with van der Waals surface area (Å²) in [5.74, 6) is -0.0559. The first-order valence-corrected chi connectivity index (χ1v) is 6.91. The first kappa shape index (κ1) is 14.4. The zero-order valence-corrected chi connectivity index (χ0v) is 11.6. The van der Waals surface area contributed by atoms with Gasteiger partial charge in [0.2, 0.25) is 0 Å². The summed E-state index contributed by atoms with van der Waals surface area (Å²) in [6, 6.07) is 7.63. The number of benzene rings is 1. The fourth-order valence-corrected chi connectivity index (χ4v) is 2.53. The first-order valence-electron chi connectivity index (χ1n) is 6.91. The Morgan fingerprint density at radius 3 is 2.00 bits per heavy atom. The predicted molar refractivity (Wildman–Crippen MR) is 75.8 cm³/mol. The third kappa shape index (κ3) is 3.98. The van der Waals surface area contributed by atoms with Gasteiger partial charge in [0.25, 0.3) is 5.91 Å². The number of hydrogen-bond acceptors (Lipinski definition) is 2. The van der Waals surface area contributed by atoms with Crippen LogP contribution < -0.4 is 10.6 Å². The second kappa shape index (κ2) is 6.41. The topological polar surface area (TPSA) is 78.4 Å². The van der Waals surface area contributed by atoms with Crippen LogP contribution in [0.15, 0.2) is 24.3 Å². The van der Waals surface area contributed by atoms with Crippen LogP contribution in [-0.4, -0.2) is 29.2 Å². The molecule has 2 rings (SSSR count). The Morgan fingerprint density at radius 2 is 1.50 bits per heavy atom. The van der Waals surface area contributed by atoms with E-state index in [9.17, 15) is 9.59 Å². The number of aryl methyl sites for hydroxylation is 1. The Labute approximate surface area is 118 Å². The number of carbonyl (C=O) groups is 2. The molecule has 1 fully saturated rings. The van der Waals surface area contributed by atoms with Gasteiger partial charge >= 0.3 is 6.09 Å². The van der Waals surface area contributed by atoms with Crippen molar-refractivity contribution in [3.8, 4) is 0 Å². The van der Waals surface area contributed by atoms with Gasteiger partial charge in [-0.2, -0.15) is 0 Å². The number of hydrogen-bond donors (Lipinski definition) is 3. The quantitative estimate of drug-likeness (QED) is 0.792. The van der Waals surface area contributed by atoms with Gasteiger partial charge in [-0.25, -0.2) is 4.79 Å². The minimum atomic E-state index is -0.975. The minimum Gasteiger partial charge on any atom is -0.465 e. The van der Waals surface area contributed by atoms with Gasteiger partial charge in [-0.05, 0) is 44.7 Å². The molecule has 0 radical (unpaired) electrons. The van der Waals surface area contributed by atoms with E-state index in [-0.39, 0.29) is 18.0 Å². The lowest BCUT2D eigenvalue weighted by molar-refractivity contribution is 0.0923. The third-order valence-electron chi connectivity index (χ3n) is 3.70. The van der Waals surface area contributed by atoms with Crippen molar-refractivity contribution in [1.82, 2.24) is 10.6 Å². The molecule has 0 spiro atoms. The molecule has 0 bridgehead atoms. The molecular weight excluding hydrogens is 256 g/mol. The molecular formula is C15H20N2O3. The summed E-state index contributed by atoms with van der Waals surface area (Å²) in [5.41, 5.74) is 1.79. The largest absolute Gasteiger partial charge is 0.465 e. The predicted octanol–water partition coefficient (Wildman–Crippen LogP) is 2.30. The molecule has 20 heavy (non-hydrogen) atoms. The Kier molecular flexibility index (Phi) is 4.61. The average molecular weight is 276 g/mol. The van der Waals surface area contributed by atoms with Crippen molar-refractivity contribution in [2.24, 2.45) is 0 Å². The van der Waals surface area contributed by atoms with Crippen molar-refractivity contribution in [2.45, 2.75) is 44.7 Å². The molecule has 2 amide bonds. The van der Waals surface area contributed by atoms with E-state index in [1.807, 2.05) is 31.2 Å². The monoisotopic (exact) mass is 276 g/mol. The highest BCUT2D eigenvalue weighted by Gasteiger charge is 2.23. The zero-order chi connectivity index (χ0) is 14.5. The standard InChI is InChI=1S/C15H20N2O3/c1-10-2-4-11(5-3-10)14(18)16-12-6-8-13(9-7-12)17-15(19)20/h2-5,12-13,17H,6-9H2,1H3,(H,16,18)(H,19,20)/t12-,13-. The van der Waals surface area contributed by atoms with Gasteiger partial charge in [-0.3, -0.25) is 4.79 Å². The van der Waals surface area contributed by atoms with Gasteiger partial charge < -0.3 is 15.7 Å². The number of nitrogens with one attached hydrogen (secondary N) is 2. The molecule has 0 heterocycles. The van der Waals surface area contributed by atoms with Gasteiger partial charge in [0.1, 0.15) is 0 Å². The maximum atomic E-state index is 12.1. The van der Waals surface area contributed by atoms with E-state index in [0.29, 0.717) is 5.56 Å². The Morgan fingerprint density at radius 1 is 1.00 bits per heavy atom. The zero-order valence-electron chi connectivity index (χ0n) is 11.6. The molecule has 3 N–H and O–H groups in total. The molecule has 1 aromatic carbocycles. The fraction of sp³-hybridized carbons (Fsp3) is 0.467. The summed E-state index contributed by atoms with van der Waals surface area (Å²) >= 11 is 0. The SMILES string of the molecule is Cc1ccc(C(=O)N[C@H]2CC[C@H](NC(=O)O)CC2)cc1. The van der Waals surface area contributed by atoms with Crippen LogP contribution in [0.2, 0.25) is 0 Å². The van der Waals surface area contributed by atoms with Crippen LogP contribution in [0.25, 0.3) is 0 Å². The molecule has 5 nitrogen and oxygen atoms in total.